The van der Waals surface area contributed by atoms with Crippen molar-refractivity contribution in [3.8, 4) is 11.5 Å². The molecule has 0 radical (unpaired) electrons. The van der Waals surface area contributed by atoms with Crippen molar-refractivity contribution in [3.05, 3.63) is 58.1 Å². The van der Waals surface area contributed by atoms with Crippen molar-refractivity contribution in [3.63, 3.8) is 0 Å². The summed E-state index contributed by atoms with van der Waals surface area (Å²) in [4.78, 5) is 0. The van der Waals surface area contributed by atoms with E-state index < -0.39 is 0 Å². The average Bonchev–Trinajstić information content (AvgIpc) is 2.52. The van der Waals surface area contributed by atoms with Crippen LogP contribution in [0.15, 0.2) is 46.9 Å². The van der Waals surface area contributed by atoms with Crippen molar-refractivity contribution in [1.82, 2.24) is 5.43 Å². The van der Waals surface area contributed by atoms with Crippen LogP contribution in [0.3, 0.4) is 0 Å². The number of ether oxygens (including phenoxy) is 2. The van der Waals surface area contributed by atoms with Crippen molar-refractivity contribution in [2.75, 3.05) is 13.2 Å². The largest absolute Gasteiger partial charge is 0.486 e. The van der Waals surface area contributed by atoms with Crippen molar-refractivity contribution in [1.29, 1.82) is 0 Å². The first-order chi connectivity index (χ1) is 10.3. The summed E-state index contributed by atoms with van der Waals surface area (Å²) in [6, 6.07) is 14.1. The summed E-state index contributed by atoms with van der Waals surface area (Å²) in [6.07, 6.45) is 0.774. The highest BCUT2D eigenvalue weighted by atomic mass is 79.9. The van der Waals surface area contributed by atoms with E-state index in [4.69, 9.17) is 15.3 Å². The highest BCUT2D eigenvalue weighted by molar-refractivity contribution is 9.10. The van der Waals surface area contributed by atoms with E-state index in [1.165, 1.54) is 5.56 Å². The number of nitrogens with two attached hydrogens (primary N) is 1. The Balaban J connectivity index is 1.90. The molecule has 0 aliphatic carbocycles. The Kier molecular flexibility index (Phi) is 4.43. The molecule has 0 aromatic heterocycles. The molecule has 1 atom stereocenters. The molecule has 0 fully saturated rings. The number of hydrogen-bond donors (Lipinski definition) is 2. The minimum absolute atomic E-state index is 0.0315. The van der Waals surface area contributed by atoms with Crippen LogP contribution in [0.2, 0.25) is 0 Å². The number of benzene rings is 2. The molecule has 0 saturated heterocycles. The smallest absolute Gasteiger partial charge is 0.166 e. The maximum atomic E-state index is 5.77. The van der Waals surface area contributed by atoms with Gasteiger partial charge < -0.3 is 9.47 Å². The number of hydrazine groups is 1. The number of halogens is 1. The van der Waals surface area contributed by atoms with E-state index in [2.05, 4.69) is 33.5 Å². The van der Waals surface area contributed by atoms with E-state index in [0.717, 1.165) is 28.0 Å². The predicted molar refractivity (Wildman–Crippen MR) is 85.3 cm³/mol. The molecule has 3 N–H and O–H groups in total. The zero-order valence-corrected chi connectivity index (χ0v) is 13.1. The van der Waals surface area contributed by atoms with Crippen LogP contribution >= 0.6 is 15.9 Å². The van der Waals surface area contributed by atoms with E-state index in [9.17, 15) is 0 Å². The number of fused-ring (bicyclic) bond motifs is 1. The first kappa shape index (κ1) is 14.4. The molecule has 1 unspecified atom stereocenters. The van der Waals surface area contributed by atoms with Crippen LogP contribution in [0, 0.1) is 0 Å². The Morgan fingerprint density at radius 1 is 1.14 bits per heavy atom. The number of para-hydroxylation sites is 1. The van der Waals surface area contributed by atoms with Crippen LogP contribution in [-0.4, -0.2) is 13.2 Å². The monoisotopic (exact) mass is 348 g/mol. The molecule has 4 nitrogen and oxygen atoms in total. The fourth-order valence-corrected chi connectivity index (χ4v) is 2.98. The second kappa shape index (κ2) is 6.47. The van der Waals surface area contributed by atoms with E-state index in [1.54, 1.807) is 0 Å². The second-order valence-electron chi connectivity index (χ2n) is 4.92. The molecule has 2 aromatic rings. The normalized spacial score (nSPS) is 14.8. The highest BCUT2D eigenvalue weighted by Crippen LogP contribution is 2.37. The minimum atomic E-state index is -0.0315. The lowest BCUT2D eigenvalue weighted by atomic mass is 9.98. The predicted octanol–water partition coefficient (Wildman–Crippen LogP) is 2.97. The molecule has 0 saturated carbocycles. The fraction of sp³-hybridized carbons (Fsp3) is 0.250. The molecule has 110 valence electrons. The SMILES string of the molecule is NNC(Cc1cccc(Br)c1)c1cccc2c1OCCO2. The summed E-state index contributed by atoms with van der Waals surface area (Å²) in [6.45, 7) is 1.15. The van der Waals surface area contributed by atoms with Gasteiger partial charge in [-0.25, -0.2) is 0 Å². The first-order valence-corrected chi connectivity index (χ1v) is 7.66. The molecule has 3 rings (SSSR count). The van der Waals surface area contributed by atoms with Crippen LogP contribution < -0.4 is 20.7 Å². The van der Waals surface area contributed by atoms with Gasteiger partial charge in [0.25, 0.3) is 0 Å². The Hall–Kier alpha value is -1.56. The lowest BCUT2D eigenvalue weighted by Crippen LogP contribution is -2.30. The Labute approximate surface area is 132 Å². The molecule has 0 bridgehead atoms. The van der Waals surface area contributed by atoms with Crippen molar-refractivity contribution in [2.45, 2.75) is 12.5 Å². The molecule has 0 amide bonds. The Bertz CT molecular complexity index is 633. The van der Waals surface area contributed by atoms with Crippen LogP contribution in [0.1, 0.15) is 17.2 Å². The number of nitrogens with one attached hydrogen (secondary N) is 1. The quantitative estimate of drug-likeness (QED) is 0.658. The standard InChI is InChI=1S/C16H17BrN2O2/c17-12-4-1-3-11(9-12)10-14(19-18)13-5-2-6-15-16(13)21-8-7-20-15/h1-6,9,14,19H,7-8,10,18H2. The molecule has 5 heteroatoms. The summed E-state index contributed by atoms with van der Waals surface area (Å²) in [5.41, 5.74) is 5.10. The fourth-order valence-electron chi connectivity index (χ4n) is 2.53. The van der Waals surface area contributed by atoms with Crippen LogP contribution in [0.25, 0.3) is 0 Å². The molecule has 21 heavy (non-hydrogen) atoms. The maximum Gasteiger partial charge on any atom is 0.166 e. The van der Waals surface area contributed by atoms with Gasteiger partial charge in [0.05, 0.1) is 6.04 Å². The minimum Gasteiger partial charge on any atom is -0.486 e. The first-order valence-electron chi connectivity index (χ1n) is 6.87. The lowest BCUT2D eigenvalue weighted by molar-refractivity contribution is 0.168. The van der Waals surface area contributed by atoms with Crippen molar-refractivity contribution in [2.24, 2.45) is 5.84 Å². The van der Waals surface area contributed by atoms with Gasteiger partial charge in [0.2, 0.25) is 0 Å². The van der Waals surface area contributed by atoms with Gasteiger partial charge in [0, 0.05) is 10.0 Å². The molecule has 1 aliphatic heterocycles. The van der Waals surface area contributed by atoms with Gasteiger partial charge in [-0.15, -0.1) is 0 Å². The lowest BCUT2D eigenvalue weighted by Gasteiger charge is -2.25. The summed E-state index contributed by atoms with van der Waals surface area (Å²) < 4.78 is 12.5. The Morgan fingerprint density at radius 2 is 1.95 bits per heavy atom. The zero-order valence-electron chi connectivity index (χ0n) is 11.5. The number of hydrogen-bond acceptors (Lipinski definition) is 4. The van der Waals surface area contributed by atoms with Gasteiger partial charge in [-0.05, 0) is 30.2 Å². The topological polar surface area (TPSA) is 56.5 Å². The molecular weight excluding hydrogens is 332 g/mol. The van der Waals surface area contributed by atoms with Crippen molar-refractivity contribution < 1.29 is 9.47 Å². The maximum absolute atomic E-state index is 5.77. The van der Waals surface area contributed by atoms with Crippen LogP contribution in [0.4, 0.5) is 0 Å². The van der Waals surface area contributed by atoms with Gasteiger partial charge in [-0.1, -0.05) is 40.2 Å². The summed E-state index contributed by atoms with van der Waals surface area (Å²) in [5, 5.41) is 0. The zero-order chi connectivity index (χ0) is 14.7. The highest BCUT2D eigenvalue weighted by Gasteiger charge is 2.21. The second-order valence-corrected chi connectivity index (χ2v) is 5.84. The third-order valence-electron chi connectivity index (χ3n) is 3.50. The molecule has 0 spiro atoms. The van der Waals surface area contributed by atoms with Gasteiger partial charge >= 0.3 is 0 Å². The molecular formula is C16H17BrN2O2. The van der Waals surface area contributed by atoms with Crippen molar-refractivity contribution >= 4 is 15.9 Å². The van der Waals surface area contributed by atoms with E-state index in [-0.39, 0.29) is 6.04 Å². The number of rotatable bonds is 4. The summed E-state index contributed by atoms with van der Waals surface area (Å²) in [7, 11) is 0. The van der Waals surface area contributed by atoms with Gasteiger partial charge in [-0.2, -0.15) is 0 Å². The third kappa shape index (κ3) is 3.20. The molecule has 2 aromatic carbocycles. The van der Waals surface area contributed by atoms with Gasteiger partial charge in [0.15, 0.2) is 11.5 Å². The van der Waals surface area contributed by atoms with E-state index in [1.807, 2.05) is 30.3 Å². The van der Waals surface area contributed by atoms with Gasteiger partial charge in [-0.3, -0.25) is 11.3 Å². The summed E-state index contributed by atoms with van der Waals surface area (Å²) >= 11 is 3.49. The van der Waals surface area contributed by atoms with E-state index >= 15 is 0 Å². The van der Waals surface area contributed by atoms with Gasteiger partial charge in [0.1, 0.15) is 13.2 Å². The summed E-state index contributed by atoms with van der Waals surface area (Å²) in [5.74, 6) is 7.34. The van der Waals surface area contributed by atoms with Crippen LogP contribution in [0.5, 0.6) is 11.5 Å². The molecule has 1 aliphatic rings. The third-order valence-corrected chi connectivity index (χ3v) is 4.00. The van der Waals surface area contributed by atoms with Crippen LogP contribution in [-0.2, 0) is 6.42 Å². The molecule has 1 heterocycles. The Morgan fingerprint density at radius 3 is 2.76 bits per heavy atom. The van der Waals surface area contributed by atoms with E-state index in [0.29, 0.717) is 13.2 Å². The average molecular weight is 349 g/mol.